The largest absolute Gasteiger partial charge is 0.399 e. The minimum absolute atomic E-state index is 0.0445. The fourth-order valence-corrected chi connectivity index (χ4v) is 3.06. The molecule has 0 aliphatic heterocycles. The highest BCUT2D eigenvalue weighted by molar-refractivity contribution is 9.10. The average molecular weight is 359 g/mol. The summed E-state index contributed by atoms with van der Waals surface area (Å²) in [6.07, 6.45) is 0. The van der Waals surface area contributed by atoms with E-state index in [9.17, 15) is 12.8 Å². The first-order chi connectivity index (χ1) is 9.38. The van der Waals surface area contributed by atoms with Gasteiger partial charge in [0.05, 0.1) is 0 Å². The third-order valence-electron chi connectivity index (χ3n) is 2.60. The number of hydrogen-bond acceptors (Lipinski definition) is 3. The molecule has 0 aromatic heterocycles. The Hall–Kier alpha value is -1.44. The summed E-state index contributed by atoms with van der Waals surface area (Å²) in [7, 11) is -3.91. The van der Waals surface area contributed by atoms with Gasteiger partial charge in [-0.05, 0) is 35.9 Å². The fourth-order valence-electron chi connectivity index (χ4n) is 1.65. The van der Waals surface area contributed by atoms with Crippen LogP contribution in [0.25, 0.3) is 0 Å². The quantitative estimate of drug-likeness (QED) is 0.825. The van der Waals surface area contributed by atoms with Crippen LogP contribution < -0.4 is 10.5 Å². The molecule has 2 aromatic carbocycles. The molecule has 0 bridgehead atoms. The molecule has 2 rings (SSSR count). The molecular formula is C13H12BrFN2O2S. The van der Waals surface area contributed by atoms with Crippen molar-refractivity contribution >= 4 is 31.6 Å². The number of halogens is 2. The number of rotatable bonds is 4. The highest BCUT2D eigenvalue weighted by Gasteiger charge is 2.18. The van der Waals surface area contributed by atoms with Gasteiger partial charge in [-0.1, -0.05) is 28.1 Å². The average Bonchev–Trinajstić information content (AvgIpc) is 2.36. The Morgan fingerprint density at radius 3 is 2.60 bits per heavy atom. The summed E-state index contributed by atoms with van der Waals surface area (Å²) in [6.45, 7) is 0.0445. The van der Waals surface area contributed by atoms with Gasteiger partial charge in [-0.15, -0.1) is 0 Å². The highest BCUT2D eigenvalue weighted by atomic mass is 79.9. The molecule has 0 saturated heterocycles. The van der Waals surface area contributed by atoms with E-state index in [1.807, 2.05) is 0 Å². The standard InChI is InChI=1S/C13H12BrFN2O2S/c14-10-4-5-13(12(15)7-10)20(18,19)17-8-9-2-1-3-11(16)6-9/h1-7,17H,8,16H2. The minimum atomic E-state index is -3.91. The predicted molar refractivity (Wildman–Crippen MR) is 79.0 cm³/mol. The van der Waals surface area contributed by atoms with E-state index >= 15 is 0 Å². The van der Waals surface area contributed by atoms with Crippen molar-refractivity contribution in [3.63, 3.8) is 0 Å². The molecule has 0 unspecified atom stereocenters. The number of nitrogens with two attached hydrogens (primary N) is 1. The highest BCUT2D eigenvalue weighted by Crippen LogP contribution is 2.19. The number of anilines is 1. The molecule has 2 aromatic rings. The smallest absolute Gasteiger partial charge is 0.243 e. The van der Waals surface area contributed by atoms with Gasteiger partial charge < -0.3 is 5.73 Å². The van der Waals surface area contributed by atoms with Crippen molar-refractivity contribution in [2.45, 2.75) is 11.4 Å². The molecule has 0 spiro atoms. The Labute approximate surface area is 125 Å². The van der Waals surface area contributed by atoms with Crippen LogP contribution in [0.2, 0.25) is 0 Å². The number of sulfonamides is 1. The third kappa shape index (κ3) is 3.56. The van der Waals surface area contributed by atoms with Gasteiger partial charge in [0.2, 0.25) is 10.0 Å². The maximum atomic E-state index is 13.7. The lowest BCUT2D eigenvalue weighted by Gasteiger charge is -2.08. The molecule has 0 fully saturated rings. The van der Waals surface area contributed by atoms with E-state index in [0.29, 0.717) is 15.7 Å². The Morgan fingerprint density at radius 1 is 1.20 bits per heavy atom. The molecule has 0 amide bonds. The van der Waals surface area contributed by atoms with Gasteiger partial charge in [0.15, 0.2) is 0 Å². The second-order valence-corrected chi connectivity index (χ2v) is 6.80. The summed E-state index contributed by atoms with van der Waals surface area (Å²) in [6, 6.07) is 10.6. The number of benzene rings is 2. The zero-order valence-electron chi connectivity index (χ0n) is 10.3. The van der Waals surface area contributed by atoms with Crippen LogP contribution in [0.5, 0.6) is 0 Å². The van der Waals surface area contributed by atoms with E-state index < -0.39 is 15.8 Å². The summed E-state index contributed by atoms with van der Waals surface area (Å²) in [5.41, 5.74) is 6.85. The van der Waals surface area contributed by atoms with Crippen molar-refractivity contribution in [3.05, 3.63) is 58.3 Å². The van der Waals surface area contributed by atoms with Gasteiger partial charge in [-0.3, -0.25) is 0 Å². The van der Waals surface area contributed by atoms with Crippen molar-refractivity contribution < 1.29 is 12.8 Å². The SMILES string of the molecule is Nc1cccc(CNS(=O)(=O)c2ccc(Br)cc2F)c1. The molecule has 0 heterocycles. The van der Waals surface area contributed by atoms with E-state index in [4.69, 9.17) is 5.73 Å². The Kier molecular flexibility index (Phi) is 4.42. The lowest BCUT2D eigenvalue weighted by Crippen LogP contribution is -2.24. The first kappa shape index (κ1) is 15.0. The molecule has 3 N–H and O–H groups in total. The molecule has 0 atom stereocenters. The van der Waals surface area contributed by atoms with Crippen LogP contribution in [-0.4, -0.2) is 8.42 Å². The van der Waals surface area contributed by atoms with Crippen LogP contribution >= 0.6 is 15.9 Å². The maximum Gasteiger partial charge on any atom is 0.243 e. The summed E-state index contributed by atoms with van der Waals surface area (Å²) in [5.74, 6) is -0.806. The molecule has 0 aliphatic rings. The zero-order chi connectivity index (χ0) is 14.8. The molecule has 106 valence electrons. The first-order valence-corrected chi connectivity index (χ1v) is 7.95. The Bertz CT molecular complexity index is 735. The van der Waals surface area contributed by atoms with E-state index in [1.54, 1.807) is 24.3 Å². The van der Waals surface area contributed by atoms with Crippen LogP contribution in [0.15, 0.2) is 51.8 Å². The minimum Gasteiger partial charge on any atom is -0.399 e. The first-order valence-electron chi connectivity index (χ1n) is 5.67. The topological polar surface area (TPSA) is 72.2 Å². The normalized spacial score (nSPS) is 11.5. The van der Waals surface area contributed by atoms with Gasteiger partial charge in [-0.2, -0.15) is 0 Å². The Morgan fingerprint density at radius 2 is 1.95 bits per heavy atom. The van der Waals surface area contributed by atoms with E-state index in [2.05, 4.69) is 20.7 Å². The molecule has 0 aliphatic carbocycles. The maximum absolute atomic E-state index is 13.7. The summed E-state index contributed by atoms with van der Waals surface area (Å²) >= 11 is 3.08. The molecule has 4 nitrogen and oxygen atoms in total. The monoisotopic (exact) mass is 358 g/mol. The number of nitrogens with one attached hydrogen (secondary N) is 1. The van der Waals surface area contributed by atoms with E-state index in [-0.39, 0.29) is 11.4 Å². The van der Waals surface area contributed by atoms with Crippen molar-refractivity contribution in [1.29, 1.82) is 0 Å². The van der Waals surface area contributed by atoms with Gasteiger partial charge in [-0.25, -0.2) is 17.5 Å². The van der Waals surface area contributed by atoms with Gasteiger partial charge >= 0.3 is 0 Å². The van der Waals surface area contributed by atoms with Crippen molar-refractivity contribution in [2.24, 2.45) is 0 Å². The molecule has 0 radical (unpaired) electrons. The molecule has 7 heteroatoms. The van der Waals surface area contributed by atoms with Crippen LogP contribution in [0.4, 0.5) is 10.1 Å². The van der Waals surface area contributed by atoms with Crippen LogP contribution in [0.3, 0.4) is 0 Å². The number of hydrogen-bond donors (Lipinski definition) is 2. The molecule has 0 saturated carbocycles. The van der Waals surface area contributed by atoms with Crippen LogP contribution in [0, 0.1) is 5.82 Å². The van der Waals surface area contributed by atoms with E-state index in [1.165, 1.54) is 12.1 Å². The number of nitrogen functional groups attached to an aromatic ring is 1. The zero-order valence-corrected chi connectivity index (χ0v) is 12.7. The summed E-state index contributed by atoms with van der Waals surface area (Å²) in [4.78, 5) is -0.385. The second-order valence-electron chi connectivity index (χ2n) is 4.14. The summed E-state index contributed by atoms with van der Waals surface area (Å²) in [5, 5.41) is 0. The van der Waals surface area contributed by atoms with Gasteiger partial charge in [0, 0.05) is 16.7 Å². The lowest BCUT2D eigenvalue weighted by atomic mass is 10.2. The predicted octanol–water partition coefficient (Wildman–Crippen LogP) is 2.65. The summed E-state index contributed by atoms with van der Waals surface area (Å²) < 4.78 is 40.5. The van der Waals surface area contributed by atoms with Crippen LogP contribution in [0.1, 0.15) is 5.56 Å². The second kappa shape index (κ2) is 5.90. The van der Waals surface area contributed by atoms with Crippen molar-refractivity contribution in [3.8, 4) is 0 Å². The van der Waals surface area contributed by atoms with Gasteiger partial charge in [0.1, 0.15) is 10.7 Å². The Balaban J connectivity index is 2.19. The fraction of sp³-hybridized carbons (Fsp3) is 0.0769. The van der Waals surface area contributed by atoms with Crippen molar-refractivity contribution in [2.75, 3.05) is 5.73 Å². The van der Waals surface area contributed by atoms with Crippen molar-refractivity contribution in [1.82, 2.24) is 4.72 Å². The van der Waals surface area contributed by atoms with Gasteiger partial charge in [0.25, 0.3) is 0 Å². The third-order valence-corrected chi connectivity index (χ3v) is 4.53. The lowest BCUT2D eigenvalue weighted by molar-refractivity contribution is 0.556. The molecular weight excluding hydrogens is 347 g/mol. The van der Waals surface area contributed by atoms with E-state index in [0.717, 1.165) is 6.07 Å². The molecule has 20 heavy (non-hydrogen) atoms. The van der Waals surface area contributed by atoms with Crippen LogP contribution in [-0.2, 0) is 16.6 Å².